The second-order valence-electron chi connectivity index (χ2n) is 6.19. The zero-order valence-corrected chi connectivity index (χ0v) is 14.7. The summed E-state index contributed by atoms with van der Waals surface area (Å²) >= 11 is 0. The van der Waals surface area contributed by atoms with E-state index in [0.717, 1.165) is 0 Å². The van der Waals surface area contributed by atoms with Crippen molar-refractivity contribution in [1.82, 2.24) is 9.80 Å². The molecular weight excluding hydrogens is 344 g/mol. The maximum atomic E-state index is 12.6. The molecule has 1 fully saturated rings. The minimum atomic E-state index is -0.879. The van der Waals surface area contributed by atoms with Crippen LogP contribution in [0.2, 0.25) is 0 Å². The highest BCUT2D eigenvalue weighted by molar-refractivity contribution is 5.95. The summed E-state index contributed by atoms with van der Waals surface area (Å²) in [5.41, 5.74) is 5.06. The van der Waals surface area contributed by atoms with Crippen LogP contribution in [0.25, 0.3) is 0 Å². The Morgan fingerprint density at radius 3 is 2.77 bits per heavy atom. The van der Waals surface area contributed by atoms with Gasteiger partial charge >= 0.3 is 11.8 Å². The number of primary amides is 1. The summed E-state index contributed by atoms with van der Waals surface area (Å²) in [6, 6.07) is 4.02. The number of amides is 2. The Morgan fingerprint density at radius 2 is 2.15 bits per heavy atom. The first-order chi connectivity index (χ1) is 12.3. The van der Waals surface area contributed by atoms with E-state index in [1.54, 1.807) is 0 Å². The molecule has 0 bridgehead atoms. The van der Waals surface area contributed by atoms with E-state index in [1.807, 2.05) is 19.0 Å². The Kier molecular flexibility index (Phi) is 6.34. The van der Waals surface area contributed by atoms with Crippen molar-refractivity contribution in [3.05, 3.63) is 33.9 Å². The number of hydrogen-bond acceptors (Lipinski definition) is 7. The van der Waals surface area contributed by atoms with Gasteiger partial charge in [0.15, 0.2) is 5.75 Å². The number of nitro benzene ring substituents is 1. The first-order valence-electron chi connectivity index (χ1n) is 8.09. The molecule has 1 aliphatic heterocycles. The molecule has 1 aromatic rings. The third kappa shape index (κ3) is 5.06. The number of hydrogen-bond donors (Lipinski definition) is 1. The van der Waals surface area contributed by atoms with Gasteiger partial charge in [-0.05, 0) is 20.2 Å². The molecular formula is C16H22N4O6. The molecule has 1 saturated heterocycles. The molecule has 10 heteroatoms. The second kappa shape index (κ2) is 8.48. The second-order valence-corrected chi connectivity index (χ2v) is 6.19. The molecule has 0 spiro atoms. The van der Waals surface area contributed by atoms with E-state index in [2.05, 4.69) is 0 Å². The third-order valence-electron chi connectivity index (χ3n) is 3.91. The van der Waals surface area contributed by atoms with Crippen molar-refractivity contribution in [1.29, 1.82) is 0 Å². The molecule has 10 nitrogen and oxygen atoms in total. The molecule has 0 unspecified atom stereocenters. The van der Waals surface area contributed by atoms with Crippen molar-refractivity contribution < 1.29 is 24.0 Å². The van der Waals surface area contributed by atoms with E-state index in [-0.39, 0.29) is 36.1 Å². The van der Waals surface area contributed by atoms with Gasteiger partial charge in [-0.1, -0.05) is 0 Å². The Balaban J connectivity index is 2.12. The SMILES string of the molecule is CN(C)CCOc1cc(C(=O)N2CC[C@@H](OC(N)=O)C2)ccc1[N+](=O)[O-]. The van der Waals surface area contributed by atoms with Crippen LogP contribution >= 0.6 is 0 Å². The predicted molar refractivity (Wildman–Crippen MR) is 92.1 cm³/mol. The van der Waals surface area contributed by atoms with Gasteiger partial charge in [-0.2, -0.15) is 0 Å². The summed E-state index contributed by atoms with van der Waals surface area (Å²) in [5.74, 6) is -0.264. The molecule has 142 valence electrons. The molecule has 26 heavy (non-hydrogen) atoms. The monoisotopic (exact) mass is 366 g/mol. The molecule has 1 atom stereocenters. The lowest BCUT2D eigenvalue weighted by Crippen LogP contribution is -2.31. The smallest absolute Gasteiger partial charge is 0.404 e. The van der Waals surface area contributed by atoms with Crippen molar-refractivity contribution in [2.24, 2.45) is 5.73 Å². The molecule has 2 amide bonds. The largest absolute Gasteiger partial charge is 0.485 e. The van der Waals surface area contributed by atoms with Crippen LogP contribution in [0.15, 0.2) is 18.2 Å². The fourth-order valence-electron chi connectivity index (χ4n) is 2.61. The Labute approximate surface area is 150 Å². The van der Waals surface area contributed by atoms with E-state index in [4.69, 9.17) is 15.2 Å². The summed E-state index contributed by atoms with van der Waals surface area (Å²) in [7, 11) is 3.71. The summed E-state index contributed by atoms with van der Waals surface area (Å²) in [4.78, 5) is 37.4. The van der Waals surface area contributed by atoms with E-state index in [0.29, 0.717) is 19.5 Å². The lowest BCUT2D eigenvalue weighted by atomic mass is 10.1. The number of carbonyl (C=O) groups is 2. The molecule has 1 heterocycles. The molecule has 0 aromatic heterocycles. The topological polar surface area (TPSA) is 128 Å². The summed E-state index contributed by atoms with van der Waals surface area (Å²) in [5, 5.41) is 11.2. The number of rotatable bonds is 7. The number of likely N-dealkylation sites (tertiary alicyclic amines) is 1. The van der Waals surface area contributed by atoms with Crippen molar-refractivity contribution in [3.63, 3.8) is 0 Å². The average molecular weight is 366 g/mol. The summed E-state index contributed by atoms with van der Waals surface area (Å²) < 4.78 is 10.4. The van der Waals surface area contributed by atoms with Gasteiger partial charge in [-0.15, -0.1) is 0 Å². The standard InChI is InChI=1S/C16H22N4O6/c1-18(2)7-8-25-14-9-11(3-4-13(14)20(23)24)15(21)19-6-5-12(10-19)26-16(17)22/h3-4,9,12H,5-8,10H2,1-2H3,(H2,17,22)/t12-/m1/s1. The Hall–Kier alpha value is -2.88. The number of likely N-dealkylation sites (N-methyl/N-ethyl adjacent to an activating group) is 1. The molecule has 1 aliphatic rings. The molecule has 1 aromatic carbocycles. The molecule has 0 saturated carbocycles. The normalized spacial score (nSPS) is 16.6. The van der Waals surface area contributed by atoms with Gasteiger partial charge in [0.2, 0.25) is 0 Å². The number of ether oxygens (including phenoxy) is 2. The maximum Gasteiger partial charge on any atom is 0.404 e. The van der Waals surface area contributed by atoms with Crippen molar-refractivity contribution in [2.45, 2.75) is 12.5 Å². The minimum Gasteiger partial charge on any atom is -0.485 e. The molecule has 2 rings (SSSR count). The highest BCUT2D eigenvalue weighted by Gasteiger charge is 2.30. The van der Waals surface area contributed by atoms with Gasteiger partial charge in [0.1, 0.15) is 12.7 Å². The third-order valence-corrected chi connectivity index (χ3v) is 3.91. The Morgan fingerprint density at radius 1 is 1.42 bits per heavy atom. The molecule has 0 aliphatic carbocycles. The van der Waals surface area contributed by atoms with Crippen LogP contribution in [0.3, 0.4) is 0 Å². The molecule has 2 N–H and O–H groups in total. The summed E-state index contributed by atoms with van der Waals surface area (Å²) in [6.45, 7) is 1.47. The van der Waals surface area contributed by atoms with Crippen LogP contribution in [-0.4, -0.2) is 73.2 Å². The van der Waals surface area contributed by atoms with Crippen LogP contribution in [-0.2, 0) is 4.74 Å². The van der Waals surface area contributed by atoms with Crippen LogP contribution in [0, 0.1) is 10.1 Å². The minimum absolute atomic E-state index is 0.0480. The zero-order valence-electron chi connectivity index (χ0n) is 14.7. The fraction of sp³-hybridized carbons (Fsp3) is 0.500. The van der Waals surface area contributed by atoms with Crippen LogP contribution in [0.1, 0.15) is 16.8 Å². The van der Waals surface area contributed by atoms with E-state index in [9.17, 15) is 19.7 Å². The first-order valence-corrected chi connectivity index (χ1v) is 8.09. The van der Waals surface area contributed by atoms with Gasteiger partial charge in [0, 0.05) is 37.2 Å². The number of nitrogens with zero attached hydrogens (tertiary/aromatic N) is 3. The quantitative estimate of drug-likeness (QED) is 0.559. The highest BCUT2D eigenvalue weighted by Crippen LogP contribution is 2.29. The van der Waals surface area contributed by atoms with Crippen molar-refractivity contribution >= 4 is 17.7 Å². The van der Waals surface area contributed by atoms with Gasteiger partial charge in [0.25, 0.3) is 5.91 Å². The van der Waals surface area contributed by atoms with Crippen molar-refractivity contribution in [2.75, 3.05) is 40.3 Å². The van der Waals surface area contributed by atoms with Crippen molar-refractivity contribution in [3.8, 4) is 5.75 Å². The number of nitro groups is 1. The molecule has 0 radical (unpaired) electrons. The van der Waals surface area contributed by atoms with Gasteiger partial charge < -0.3 is 25.0 Å². The first kappa shape index (κ1) is 19.4. The predicted octanol–water partition coefficient (Wildman–Crippen LogP) is 0.845. The van der Waals surface area contributed by atoms with Gasteiger partial charge in [0.05, 0.1) is 11.5 Å². The number of nitrogens with two attached hydrogens (primary N) is 1. The lowest BCUT2D eigenvalue weighted by molar-refractivity contribution is -0.385. The Bertz CT molecular complexity index is 693. The highest BCUT2D eigenvalue weighted by atomic mass is 16.6. The van der Waals surface area contributed by atoms with E-state index < -0.39 is 17.1 Å². The van der Waals surface area contributed by atoms with Crippen LogP contribution in [0.4, 0.5) is 10.5 Å². The number of benzene rings is 1. The summed E-state index contributed by atoms with van der Waals surface area (Å²) in [6.07, 6.45) is -0.824. The average Bonchev–Trinajstić information content (AvgIpc) is 3.01. The van der Waals surface area contributed by atoms with E-state index >= 15 is 0 Å². The maximum absolute atomic E-state index is 12.6. The number of carbonyl (C=O) groups excluding carboxylic acids is 2. The van der Waals surface area contributed by atoms with Crippen LogP contribution in [0.5, 0.6) is 5.75 Å². The van der Waals surface area contributed by atoms with Gasteiger partial charge in [-0.3, -0.25) is 14.9 Å². The van der Waals surface area contributed by atoms with Gasteiger partial charge in [-0.25, -0.2) is 4.79 Å². The van der Waals surface area contributed by atoms with Crippen LogP contribution < -0.4 is 10.5 Å². The van der Waals surface area contributed by atoms with E-state index in [1.165, 1.54) is 23.1 Å². The fourth-order valence-corrected chi connectivity index (χ4v) is 2.61. The lowest BCUT2D eigenvalue weighted by Gasteiger charge is -2.17. The zero-order chi connectivity index (χ0) is 19.3.